The Hall–Kier alpha value is -2.56. The second-order valence-corrected chi connectivity index (χ2v) is 4.44. The van der Waals surface area contributed by atoms with E-state index in [4.69, 9.17) is 4.74 Å². The molecule has 1 N–H and O–H groups in total. The summed E-state index contributed by atoms with van der Waals surface area (Å²) in [6.45, 7) is 0.407. The molecule has 0 aliphatic heterocycles. The van der Waals surface area contributed by atoms with Gasteiger partial charge in [0, 0.05) is 32.1 Å². The van der Waals surface area contributed by atoms with Crippen LogP contribution in [-0.2, 0) is 6.54 Å². The molecule has 20 heavy (non-hydrogen) atoms. The van der Waals surface area contributed by atoms with E-state index in [1.54, 1.807) is 14.2 Å². The number of pyridine rings is 1. The SMILES string of the molecule is COc1cccc(CN(C)C(=O)c2c[nH]ccc2=O)c1. The van der Waals surface area contributed by atoms with Crippen molar-refractivity contribution in [3.8, 4) is 5.75 Å². The summed E-state index contributed by atoms with van der Waals surface area (Å²) < 4.78 is 5.14. The summed E-state index contributed by atoms with van der Waals surface area (Å²) in [4.78, 5) is 28.1. The number of carbonyl (C=O) groups excluding carboxylic acids is 1. The third-order valence-electron chi connectivity index (χ3n) is 2.96. The summed E-state index contributed by atoms with van der Waals surface area (Å²) in [5, 5.41) is 0. The number of aromatic amines is 1. The minimum Gasteiger partial charge on any atom is -0.497 e. The van der Waals surface area contributed by atoms with Crippen LogP contribution in [0.5, 0.6) is 5.75 Å². The monoisotopic (exact) mass is 272 g/mol. The molecule has 0 spiro atoms. The fourth-order valence-corrected chi connectivity index (χ4v) is 1.91. The van der Waals surface area contributed by atoms with Crippen molar-refractivity contribution in [1.82, 2.24) is 9.88 Å². The van der Waals surface area contributed by atoms with E-state index in [1.165, 1.54) is 23.4 Å². The predicted molar refractivity (Wildman–Crippen MR) is 75.9 cm³/mol. The van der Waals surface area contributed by atoms with Crippen LogP contribution in [0, 0.1) is 0 Å². The molecule has 0 aliphatic carbocycles. The minimum absolute atomic E-state index is 0.137. The highest BCUT2D eigenvalue weighted by atomic mass is 16.5. The van der Waals surface area contributed by atoms with Crippen molar-refractivity contribution < 1.29 is 9.53 Å². The van der Waals surface area contributed by atoms with Gasteiger partial charge < -0.3 is 14.6 Å². The Morgan fingerprint density at radius 1 is 1.35 bits per heavy atom. The maximum absolute atomic E-state index is 12.2. The van der Waals surface area contributed by atoms with Crippen molar-refractivity contribution in [1.29, 1.82) is 0 Å². The maximum Gasteiger partial charge on any atom is 0.259 e. The number of H-pyrrole nitrogens is 1. The number of carbonyl (C=O) groups is 1. The van der Waals surface area contributed by atoms with Gasteiger partial charge in [0.1, 0.15) is 11.3 Å². The fourth-order valence-electron chi connectivity index (χ4n) is 1.91. The summed E-state index contributed by atoms with van der Waals surface area (Å²) in [5.74, 6) is 0.426. The number of ether oxygens (including phenoxy) is 1. The van der Waals surface area contributed by atoms with Crippen LogP contribution in [0.3, 0.4) is 0 Å². The lowest BCUT2D eigenvalue weighted by Crippen LogP contribution is -2.30. The van der Waals surface area contributed by atoms with Crippen LogP contribution in [0.4, 0.5) is 0 Å². The number of methoxy groups -OCH3 is 1. The second kappa shape index (κ2) is 6.06. The van der Waals surface area contributed by atoms with E-state index in [-0.39, 0.29) is 16.9 Å². The number of aromatic nitrogens is 1. The topological polar surface area (TPSA) is 62.4 Å². The van der Waals surface area contributed by atoms with Gasteiger partial charge in [0.25, 0.3) is 5.91 Å². The number of benzene rings is 1. The number of amides is 1. The van der Waals surface area contributed by atoms with Gasteiger partial charge in [0.15, 0.2) is 5.43 Å². The Kier molecular flexibility index (Phi) is 4.20. The quantitative estimate of drug-likeness (QED) is 0.920. The summed E-state index contributed by atoms with van der Waals surface area (Å²) in [5.41, 5.74) is 0.789. The lowest BCUT2D eigenvalue weighted by molar-refractivity contribution is 0.0783. The van der Waals surface area contributed by atoms with Crippen LogP contribution >= 0.6 is 0 Å². The number of nitrogens with one attached hydrogen (secondary N) is 1. The van der Waals surface area contributed by atoms with E-state index in [0.717, 1.165) is 11.3 Å². The van der Waals surface area contributed by atoms with Crippen LogP contribution in [0.25, 0.3) is 0 Å². The molecular weight excluding hydrogens is 256 g/mol. The summed E-state index contributed by atoms with van der Waals surface area (Å²) in [7, 11) is 3.26. The molecular formula is C15H16N2O3. The van der Waals surface area contributed by atoms with Gasteiger partial charge in [-0.05, 0) is 17.7 Å². The van der Waals surface area contributed by atoms with E-state index >= 15 is 0 Å². The van der Waals surface area contributed by atoms with Crippen molar-refractivity contribution in [2.24, 2.45) is 0 Å². The van der Waals surface area contributed by atoms with Crippen molar-refractivity contribution in [3.63, 3.8) is 0 Å². The average molecular weight is 272 g/mol. The molecule has 5 heteroatoms. The largest absolute Gasteiger partial charge is 0.497 e. The van der Waals surface area contributed by atoms with Gasteiger partial charge in [-0.25, -0.2) is 0 Å². The molecule has 1 aromatic carbocycles. The maximum atomic E-state index is 12.2. The first kappa shape index (κ1) is 13.9. The Bertz CT molecular complexity index is 664. The smallest absolute Gasteiger partial charge is 0.259 e. The summed E-state index contributed by atoms with van der Waals surface area (Å²) in [6.07, 6.45) is 2.92. The number of hydrogen-bond donors (Lipinski definition) is 1. The highest BCUT2D eigenvalue weighted by molar-refractivity contribution is 5.93. The molecule has 0 aliphatic rings. The first-order valence-corrected chi connectivity index (χ1v) is 6.17. The molecule has 104 valence electrons. The molecule has 1 heterocycles. The van der Waals surface area contributed by atoms with Gasteiger partial charge in [-0.3, -0.25) is 9.59 Å². The normalized spacial score (nSPS) is 10.1. The van der Waals surface area contributed by atoms with Gasteiger partial charge in [-0.2, -0.15) is 0 Å². The Balaban J connectivity index is 2.15. The standard InChI is InChI=1S/C15H16N2O3/c1-17(10-11-4-3-5-12(8-11)20-2)15(19)13-9-16-7-6-14(13)18/h3-9H,10H2,1-2H3,(H,16,18). The highest BCUT2D eigenvalue weighted by Gasteiger charge is 2.15. The van der Waals surface area contributed by atoms with E-state index in [9.17, 15) is 9.59 Å². The molecule has 5 nitrogen and oxygen atoms in total. The predicted octanol–water partition coefficient (Wildman–Crippen LogP) is 1.66. The van der Waals surface area contributed by atoms with E-state index in [2.05, 4.69) is 4.98 Å². The average Bonchev–Trinajstić information content (AvgIpc) is 2.47. The van der Waals surface area contributed by atoms with Gasteiger partial charge in [-0.1, -0.05) is 12.1 Å². The lowest BCUT2D eigenvalue weighted by atomic mass is 10.2. The van der Waals surface area contributed by atoms with Crippen molar-refractivity contribution in [2.75, 3.05) is 14.2 Å². The molecule has 0 unspecified atom stereocenters. The Morgan fingerprint density at radius 2 is 2.15 bits per heavy atom. The Morgan fingerprint density at radius 3 is 2.85 bits per heavy atom. The minimum atomic E-state index is -0.310. The van der Waals surface area contributed by atoms with Crippen LogP contribution in [-0.4, -0.2) is 29.9 Å². The van der Waals surface area contributed by atoms with Gasteiger partial charge >= 0.3 is 0 Å². The van der Waals surface area contributed by atoms with Crippen LogP contribution in [0.15, 0.2) is 47.5 Å². The second-order valence-electron chi connectivity index (χ2n) is 4.44. The first-order chi connectivity index (χ1) is 9.61. The van der Waals surface area contributed by atoms with Crippen LogP contribution < -0.4 is 10.2 Å². The van der Waals surface area contributed by atoms with E-state index in [1.807, 2.05) is 24.3 Å². The highest BCUT2D eigenvalue weighted by Crippen LogP contribution is 2.14. The molecule has 2 rings (SSSR count). The van der Waals surface area contributed by atoms with Gasteiger partial charge in [-0.15, -0.1) is 0 Å². The lowest BCUT2D eigenvalue weighted by Gasteiger charge is -2.17. The van der Waals surface area contributed by atoms with E-state index < -0.39 is 0 Å². The number of rotatable bonds is 4. The number of hydrogen-bond acceptors (Lipinski definition) is 3. The molecule has 2 aromatic rings. The molecule has 0 saturated heterocycles. The van der Waals surface area contributed by atoms with Crippen molar-refractivity contribution in [2.45, 2.75) is 6.54 Å². The molecule has 1 aromatic heterocycles. The van der Waals surface area contributed by atoms with Gasteiger partial charge in [0.05, 0.1) is 7.11 Å². The number of nitrogens with zero attached hydrogens (tertiary/aromatic N) is 1. The molecule has 0 radical (unpaired) electrons. The summed E-state index contributed by atoms with van der Waals surface area (Å²) in [6, 6.07) is 8.81. The zero-order chi connectivity index (χ0) is 14.5. The molecule has 0 atom stereocenters. The molecule has 0 fully saturated rings. The third kappa shape index (κ3) is 3.06. The molecule has 0 bridgehead atoms. The first-order valence-electron chi connectivity index (χ1n) is 6.17. The fraction of sp³-hybridized carbons (Fsp3) is 0.200. The zero-order valence-corrected chi connectivity index (χ0v) is 11.4. The third-order valence-corrected chi connectivity index (χ3v) is 2.96. The van der Waals surface area contributed by atoms with E-state index in [0.29, 0.717) is 6.54 Å². The summed E-state index contributed by atoms with van der Waals surface area (Å²) >= 11 is 0. The van der Waals surface area contributed by atoms with Gasteiger partial charge in [0.2, 0.25) is 0 Å². The van der Waals surface area contributed by atoms with Crippen molar-refractivity contribution >= 4 is 5.91 Å². The molecule has 0 saturated carbocycles. The Labute approximate surface area is 116 Å². The van der Waals surface area contributed by atoms with Crippen LogP contribution in [0.2, 0.25) is 0 Å². The van der Waals surface area contributed by atoms with Crippen molar-refractivity contribution in [3.05, 3.63) is 64.1 Å². The molecule has 1 amide bonds. The zero-order valence-electron chi connectivity index (χ0n) is 11.4. The van der Waals surface area contributed by atoms with Crippen LogP contribution in [0.1, 0.15) is 15.9 Å².